The molecule has 3 amide bonds. The fourth-order valence-electron chi connectivity index (χ4n) is 8.61. The molecule has 2 saturated carbocycles. The first kappa shape index (κ1) is 44.2. The topological polar surface area (TPSA) is 200 Å². The van der Waals surface area contributed by atoms with Gasteiger partial charge in [0.2, 0.25) is 11.8 Å². The van der Waals surface area contributed by atoms with Crippen molar-refractivity contribution in [2.24, 2.45) is 17.8 Å². The minimum Gasteiger partial charge on any atom is -0.471 e. The summed E-state index contributed by atoms with van der Waals surface area (Å²) in [5.41, 5.74) is 6.70. The highest BCUT2D eigenvalue weighted by Gasteiger charge is 2.56. The highest BCUT2D eigenvalue weighted by molar-refractivity contribution is 5.86. The summed E-state index contributed by atoms with van der Waals surface area (Å²) >= 11 is 0. The van der Waals surface area contributed by atoms with Crippen molar-refractivity contribution >= 4 is 46.4 Å². The van der Waals surface area contributed by atoms with Gasteiger partial charge in [-0.3, -0.25) is 19.4 Å². The number of fused-ring (bicyclic) bond motifs is 4. The first-order chi connectivity index (χ1) is 29.5. The molecule has 2 saturated heterocycles. The summed E-state index contributed by atoms with van der Waals surface area (Å²) < 4.78 is 8.48. The Morgan fingerprint density at radius 2 is 1.49 bits per heavy atom. The van der Waals surface area contributed by atoms with Crippen molar-refractivity contribution in [2.45, 2.75) is 90.0 Å². The molecule has 5 aromatic rings. The number of terminal acetylenes is 1. The van der Waals surface area contributed by atoms with Crippen LogP contribution in [-0.4, -0.2) is 110 Å². The average molecular weight is 833 g/mol. The van der Waals surface area contributed by atoms with Gasteiger partial charge in [0, 0.05) is 23.2 Å². The zero-order valence-corrected chi connectivity index (χ0v) is 35.8. The van der Waals surface area contributed by atoms with Crippen molar-refractivity contribution in [3.8, 4) is 35.4 Å². The summed E-state index contributed by atoms with van der Waals surface area (Å²) in [4.78, 5) is 77.4. The zero-order valence-electron chi connectivity index (χ0n) is 35.8. The number of piperidine rings is 2. The third-order valence-corrected chi connectivity index (χ3v) is 11.5. The largest absolute Gasteiger partial charge is 0.471 e. The quantitative estimate of drug-likeness (QED) is 0.0959. The van der Waals surface area contributed by atoms with E-state index >= 15 is 0 Å². The van der Waals surface area contributed by atoms with Crippen LogP contribution in [0.25, 0.3) is 44.6 Å². The van der Waals surface area contributed by atoms with Gasteiger partial charge in [-0.05, 0) is 74.8 Å². The molecular formula is C45H56N10O6. The normalized spacial score (nSPS) is 22.0. The Kier molecular flexibility index (Phi) is 14.0. The maximum absolute atomic E-state index is 13.6. The van der Waals surface area contributed by atoms with E-state index in [4.69, 9.17) is 19.7 Å². The van der Waals surface area contributed by atoms with Crippen LogP contribution in [0.2, 0.25) is 0 Å². The number of nitrogens with zero attached hydrogens (tertiary/aromatic N) is 6. The number of aromatic nitrogens is 6. The number of nitrogens with one attached hydrogen (secondary N) is 4. The molecule has 4 fully saturated rings. The maximum Gasteiger partial charge on any atom is 0.407 e. The molecule has 0 unspecified atom stereocenters. The highest BCUT2D eigenvalue weighted by atomic mass is 16.5. The Labute approximate surface area is 356 Å². The third-order valence-electron chi connectivity index (χ3n) is 11.5. The number of carbonyl (C=O) groups excluding carboxylic acids is 4. The van der Waals surface area contributed by atoms with Gasteiger partial charge in [0.05, 0.1) is 78.2 Å². The Morgan fingerprint density at radius 1 is 0.852 bits per heavy atom. The predicted molar refractivity (Wildman–Crippen MR) is 231 cm³/mol. The second kappa shape index (κ2) is 19.4. The van der Waals surface area contributed by atoms with Crippen molar-refractivity contribution in [1.29, 1.82) is 0 Å². The lowest BCUT2D eigenvalue weighted by Crippen LogP contribution is -2.49. The maximum atomic E-state index is 13.6. The van der Waals surface area contributed by atoms with Crippen LogP contribution in [0.1, 0.15) is 83.5 Å². The van der Waals surface area contributed by atoms with Crippen molar-refractivity contribution in [3.63, 3.8) is 0 Å². The minimum atomic E-state index is -0.627. The van der Waals surface area contributed by atoms with Gasteiger partial charge in [0.15, 0.2) is 0 Å². The van der Waals surface area contributed by atoms with Gasteiger partial charge >= 0.3 is 6.09 Å². The molecule has 0 bridgehead atoms. The first-order valence-corrected chi connectivity index (χ1v) is 20.8. The van der Waals surface area contributed by atoms with Crippen molar-refractivity contribution in [1.82, 2.24) is 50.3 Å². The molecule has 322 valence electrons. The zero-order chi connectivity index (χ0) is 44.0. The number of amides is 3. The van der Waals surface area contributed by atoms with Gasteiger partial charge < -0.3 is 39.9 Å². The molecule has 2 aliphatic carbocycles. The van der Waals surface area contributed by atoms with Gasteiger partial charge in [0.25, 0.3) is 6.47 Å². The predicted octanol–water partition coefficient (Wildman–Crippen LogP) is 5.94. The van der Waals surface area contributed by atoms with Crippen LogP contribution in [-0.2, 0) is 23.9 Å². The molecule has 61 heavy (non-hydrogen) atoms. The van der Waals surface area contributed by atoms with E-state index in [-0.39, 0.29) is 48.4 Å². The summed E-state index contributed by atoms with van der Waals surface area (Å²) in [7, 11) is 4.45. The van der Waals surface area contributed by atoms with Crippen LogP contribution in [0.4, 0.5) is 4.79 Å². The number of ether oxygens (including phenoxy) is 2. The van der Waals surface area contributed by atoms with Crippen molar-refractivity contribution in [2.75, 3.05) is 27.8 Å². The van der Waals surface area contributed by atoms with E-state index in [9.17, 15) is 14.4 Å². The Hall–Kier alpha value is -6.34. The molecule has 4 N–H and O–H groups in total. The third kappa shape index (κ3) is 9.36. The van der Waals surface area contributed by atoms with Gasteiger partial charge in [-0.1, -0.05) is 46.2 Å². The van der Waals surface area contributed by atoms with E-state index < -0.39 is 6.09 Å². The number of benzene rings is 2. The molecule has 16 nitrogen and oxygen atoms in total. The second-order valence-corrected chi connectivity index (χ2v) is 16.1. The molecule has 0 radical (unpaired) electrons. The summed E-state index contributed by atoms with van der Waals surface area (Å²) in [6.45, 7) is 8.67. The lowest BCUT2D eigenvalue weighted by Gasteiger charge is -2.31. The molecule has 2 aromatic carbocycles. The van der Waals surface area contributed by atoms with Crippen LogP contribution >= 0.6 is 0 Å². The summed E-state index contributed by atoms with van der Waals surface area (Å²) in [5.74, 6) is 2.79. The van der Waals surface area contributed by atoms with E-state index in [1.807, 2.05) is 42.3 Å². The number of alkyl carbamates (subject to hydrolysis) is 1. The molecule has 16 heteroatoms. The van der Waals surface area contributed by atoms with Gasteiger partial charge in [0.1, 0.15) is 18.2 Å². The van der Waals surface area contributed by atoms with Gasteiger partial charge in [-0.25, -0.2) is 19.7 Å². The number of imidazole rings is 2. The number of rotatable bonds is 10. The van der Waals surface area contributed by atoms with E-state index in [0.29, 0.717) is 24.3 Å². The van der Waals surface area contributed by atoms with E-state index in [1.165, 1.54) is 20.6 Å². The van der Waals surface area contributed by atoms with Crippen molar-refractivity contribution < 1.29 is 28.7 Å². The first-order valence-electron chi connectivity index (χ1n) is 20.8. The van der Waals surface area contributed by atoms with Crippen LogP contribution < -0.4 is 10.6 Å². The molecule has 9 rings (SSSR count). The smallest absolute Gasteiger partial charge is 0.407 e. The molecule has 5 heterocycles. The SMILES string of the molecule is C#C.CCC.CN[C@H](C(=O)N1[C@@H]2C[C@@H]2C[C@H]1c1nc2ccc(-c3cnc4cc(-c5cnc([C@@H]6C[C@H]7C[C@H]7N6C(=O)CNC(=O)OC)[nH]5)ccc4n3)cc2[nH]1)C(C)C.COC=O. The standard InChI is InChI=1S/C38H42N10O4.C3H8.C2H4O2.C2H2/c1-18(2)34(39-3)37(50)48-30-12-22(30)14-32(48)36-44-24-8-6-20(10-26(24)45-36)27-15-40-25-9-19(5-7-23(25)43-27)28-16-41-35(46-28)31-13-21-11-29(21)47(31)33(49)17-42-38(51)52-4;1-3-2;1-4-2-3;1-2/h5-10,15-16,18,21-22,29-32,34,39H,11-14,17H2,1-4H3,(H,41,46)(H,42,51)(H,44,45);3H2,1-2H3;2H,1H3;1-2H/t21-,22-,29-,30-,31+,32+,34+;;;/m1.../s1. The Morgan fingerprint density at radius 3 is 2.13 bits per heavy atom. The molecule has 3 aromatic heterocycles. The van der Waals surface area contributed by atoms with Crippen LogP contribution in [0, 0.1) is 30.6 Å². The van der Waals surface area contributed by atoms with E-state index in [0.717, 1.165) is 81.9 Å². The number of hydrogen-bond donors (Lipinski definition) is 4. The molecular weight excluding hydrogens is 777 g/mol. The summed E-state index contributed by atoms with van der Waals surface area (Å²) in [5, 5.41) is 5.73. The van der Waals surface area contributed by atoms with Gasteiger partial charge in [-0.2, -0.15) is 0 Å². The number of carbonyl (C=O) groups is 4. The average Bonchev–Trinajstić information content (AvgIpc) is 3.89. The number of methoxy groups -OCH3 is 2. The lowest BCUT2D eigenvalue weighted by atomic mass is 10.0. The molecule has 4 aliphatic rings. The Balaban J connectivity index is 0.000000638. The van der Waals surface area contributed by atoms with Crippen molar-refractivity contribution in [3.05, 3.63) is 60.4 Å². The minimum absolute atomic E-state index is 0.0529. The summed E-state index contributed by atoms with van der Waals surface area (Å²) in [6, 6.07) is 12.1. The highest BCUT2D eigenvalue weighted by Crippen LogP contribution is 2.54. The lowest BCUT2D eigenvalue weighted by molar-refractivity contribution is -0.136. The second-order valence-electron chi connectivity index (χ2n) is 16.1. The molecule has 7 atom stereocenters. The van der Waals surface area contributed by atoms with Crippen LogP contribution in [0.3, 0.4) is 0 Å². The van der Waals surface area contributed by atoms with Gasteiger partial charge in [-0.15, -0.1) is 12.8 Å². The summed E-state index contributed by atoms with van der Waals surface area (Å²) in [6.07, 6.45) is 16.0. The number of H-pyrrole nitrogens is 2. The number of hydrogen-bond acceptors (Lipinski definition) is 11. The molecule has 0 spiro atoms. The number of likely N-dealkylation sites (tertiary alicyclic amines) is 2. The van der Waals surface area contributed by atoms with E-state index in [1.54, 1.807) is 12.4 Å². The van der Waals surface area contributed by atoms with Crippen LogP contribution in [0.15, 0.2) is 48.8 Å². The fraction of sp³-hybridized carbons (Fsp3) is 0.467. The monoisotopic (exact) mass is 832 g/mol. The van der Waals surface area contributed by atoms with Crippen LogP contribution in [0.5, 0.6) is 0 Å². The number of likely N-dealkylation sites (N-methyl/N-ethyl adjacent to an activating group) is 1. The fourth-order valence-corrected chi connectivity index (χ4v) is 8.61. The molecule has 2 aliphatic heterocycles. The van der Waals surface area contributed by atoms with E-state index in [2.05, 4.69) is 86.6 Å². The number of aromatic amines is 2. The Bertz CT molecular complexity index is 2370.